The SMILES string of the molecule is N#CC1=C2N=C(N)c3c(sc4c3CCCC4)N2C2=C(C(=O)CCC2)C1c1ccc(Cl)cc1Cl. The van der Waals surface area contributed by atoms with Crippen molar-refractivity contribution in [2.24, 2.45) is 10.7 Å². The molecule has 3 heterocycles. The van der Waals surface area contributed by atoms with Crippen LogP contribution in [0.4, 0.5) is 5.00 Å². The zero-order valence-electron chi connectivity index (χ0n) is 17.8. The molecule has 1 unspecified atom stereocenters. The van der Waals surface area contributed by atoms with Crippen molar-refractivity contribution in [3.8, 4) is 6.07 Å². The maximum Gasteiger partial charge on any atom is 0.161 e. The standard InChI is InChI=1S/C25H20Cl2N4OS/c26-12-8-9-13(16(27)10-12)20-15(11-28)24-30-23(29)21-14-4-1-2-7-19(14)33-25(21)31(24)17-5-3-6-18(32)22(17)20/h8-10,20H,1-7H2,(H2,29,30). The van der Waals surface area contributed by atoms with Crippen LogP contribution in [0.5, 0.6) is 0 Å². The van der Waals surface area contributed by atoms with Crippen LogP contribution >= 0.6 is 34.5 Å². The van der Waals surface area contributed by atoms with Crippen molar-refractivity contribution in [1.82, 2.24) is 0 Å². The fraction of sp³-hybridized carbons (Fsp3) is 0.320. The summed E-state index contributed by atoms with van der Waals surface area (Å²) < 4.78 is 0. The first-order chi connectivity index (χ1) is 16.0. The van der Waals surface area contributed by atoms with E-state index in [1.54, 1.807) is 29.5 Å². The molecule has 2 aliphatic heterocycles. The van der Waals surface area contributed by atoms with Crippen LogP contribution in [0, 0.1) is 11.3 Å². The number of thiophene rings is 1. The molecular weight excluding hydrogens is 475 g/mol. The normalized spacial score (nSPS) is 21.7. The number of nitrogens with zero attached hydrogens (tertiary/aromatic N) is 3. The van der Waals surface area contributed by atoms with Crippen molar-refractivity contribution in [2.75, 3.05) is 4.90 Å². The Kier molecular flexibility index (Phi) is 4.91. The van der Waals surface area contributed by atoms with Gasteiger partial charge in [-0.25, -0.2) is 4.99 Å². The fourth-order valence-corrected chi connectivity index (χ4v) is 7.50. The zero-order chi connectivity index (χ0) is 22.9. The lowest BCUT2D eigenvalue weighted by molar-refractivity contribution is -0.116. The third kappa shape index (κ3) is 3.03. The van der Waals surface area contributed by atoms with Crippen LogP contribution in [0.2, 0.25) is 10.0 Å². The van der Waals surface area contributed by atoms with Crippen molar-refractivity contribution in [3.05, 3.63) is 72.5 Å². The van der Waals surface area contributed by atoms with Crippen molar-refractivity contribution in [3.63, 3.8) is 0 Å². The number of carbonyl (C=O) groups excluding carboxylic acids is 1. The van der Waals surface area contributed by atoms with Gasteiger partial charge in [0.15, 0.2) is 11.6 Å². The number of amidine groups is 1. The molecule has 8 heteroatoms. The second-order valence-electron chi connectivity index (χ2n) is 8.81. The lowest BCUT2D eigenvalue weighted by atomic mass is 9.75. The maximum atomic E-state index is 13.4. The number of hydrogen-bond donors (Lipinski definition) is 1. The maximum absolute atomic E-state index is 13.4. The minimum absolute atomic E-state index is 0.0597. The second-order valence-corrected chi connectivity index (χ2v) is 10.7. The molecule has 0 saturated heterocycles. The van der Waals surface area contributed by atoms with Gasteiger partial charge in [-0.15, -0.1) is 11.3 Å². The molecule has 0 spiro atoms. The van der Waals surface area contributed by atoms with Gasteiger partial charge in [-0.3, -0.25) is 9.69 Å². The Hall–Kier alpha value is -2.59. The van der Waals surface area contributed by atoms with Gasteiger partial charge in [-0.1, -0.05) is 29.3 Å². The molecule has 0 radical (unpaired) electrons. The molecule has 2 aromatic rings. The van der Waals surface area contributed by atoms with E-state index in [4.69, 9.17) is 33.9 Å². The summed E-state index contributed by atoms with van der Waals surface area (Å²) in [7, 11) is 0. The van der Waals surface area contributed by atoms with E-state index in [1.807, 2.05) is 0 Å². The summed E-state index contributed by atoms with van der Waals surface area (Å²) in [6.45, 7) is 0. The highest BCUT2D eigenvalue weighted by molar-refractivity contribution is 7.17. The first kappa shape index (κ1) is 21.0. The van der Waals surface area contributed by atoms with Crippen LogP contribution in [-0.2, 0) is 17.6 Å². The highest BCUT2D eigenvalue weighted by Gasteiger charge is 2.45. The average Bonchev–Trinajstić information content (AvgIpc) is 3.19. The number of fused-ring (bicyclic) bond motifs is 6. The smallest absolute Gasteiger partial charge is 0.161 e. The number of hydrogen-bond acceptors (Lipinski definition) is 6. The Labute approximate surface area is 205 Å². The van der Waals surface area contributed by atoms with Crippen LogP contribution in [0.15, 0.2) is 45.9 Å². The molecular formula is C25H20Cl2N4OS. The summed E-state index contributed by atoms with van der Waals surface area (Å²) in [4.78, 5) is 21.5. The number of aliphatic imine (C=N–C) groups is 1. The molecule has 0 fully saturated rings. The van der Waals surface area contributed by atoms with Gasteiger partial charge in [0.2, 0.25) is 0 Å². The van der Waals surface area contributed by atoms with Crippen LogP contribution in [0.25, 0.3) is 0 Å². The Bertz CT molecular complexity index is 1380. The Balaban J connectivity index is 1.65. The van der Waals surface area contributed by atoms with E-state index in [0.29, 0.717) is 44.8 Å². The molecule has 0 bridgehead atoms. The highest BCUT2D eigenvalue weighted by atomic mass is 35.5. The van der Waals surface area contributed by atoms with Gasteiger partial charge in [0.1, 0.15) is 10.8 Å². The topological polar surface area (TPSA) is 82.5 Å². The molecule has 1 aromatic heterocycles. The third-order valence-corrected chi connectivity index (χ3v) is 8.80. The molecule has 2 aliphatic carbocycles. The van der Waals surface area contributed by atoms with Crippen LogP contribution < -0.4 is 10.6 Å². The summed E-state index contributed by atoms with van der Waals surface area (Å²) in [6, 6.07) is 7.57. The number of allylic oxidation sites excluding steroid dienone is 3. The Morgan fingerprint density at radius 3 is 2.76 bits per heavy atom. The van der Waals surface area contributed by atoms with Gasteiger partial charge in [-0.2, -0.15) is 5.26 Å². The average molecular weight is 495 g/mol. The van der Waals surface area contributed by atoms with E-state index in [2.05, 4.69) is 11.0 Å². The predicted octanol–water partition coefficient (Wildman–Crippen LogP) is 6.00. The van der Waals surface area contributed by atoms with E-state index < -0.39 is 5.92 Å². The van der Waals surface area contributed by atoms with Gasteiger partial charge >= 0.3 is 0 Å². The van der Waals surface area contributed by atoms with Crippen molar-refractivity contribution >= 4 is 51.2 Å². The minimum atomic E-state index is -0.582. The summed E-state index contributed by atoms with van der Waals surface area (Å²) in [5, 5.41) is 12.3. The Morgan fingerprint density at radius 2 is 1.97 bits per heavy atom. The number of benzene rings is 1. The summed E-state index contributed by atoms with van der Waals surface area (Å²) in [6.07, 6.45) is 6.29. The third-order valence-electron chi connectivity index (χ3n) is 6.96. The number of rotatable bonds is 1. The molecule has 6 rings (SSSR count). The molecule has 4 aliphatic rings. The number of halogens is 2. The van der Waals surface area contributed by atoms with Crippen molar-refractivity contribution in [2.45, 2.75) is 50.9 Å². The van der Waals surface area contributed by atoms with E-state index >= 15 is 0 Å². The van der Waals surface area contributed by atoms with Gasteiger partial charge in [0.25, 0.3) is 0 Å². The fourth-order valence-electron chi connectivity index (χ4n) is 5.56. The lowest BCUT2D eigenvalue weighted by Gasteiger charge is -2.41. The van der Waals surface area contributed by atoms with E-state index in [9.17, 15) is 10.1 Å². The lowest BCUT2D eigenvalue weighted by Crippen LogP contribution is -2.38. The Morgan fingerprint density at radius 1 is 1.15 bits per heavy atom. The molecule has 0 saturated carbocycles. The summed E-state index contributed by atoms with van der Waals surface area (Å²) >= 11 is 14.5. The predicted molar refractivity (Wildman–Crippen MR) is 132 cm³/mol. The van der Waals surface area contributed by atoms with Crippen LogP contribution in [0.1, 0.15) is 59.6 Å². The van der Waals surface area contributed by atoms with Gasteiger partial charge in [0, 0.05) is 32.6 Å². The molecule has 1 atom stereocenters. The van der Waals surface area contributed by atoms with Crippen molar-refractivity contribution < 1.29 is 4.79 Å². The van der Waals surface area contributed by atoms with E-state index in [-0.39, 0.29) is 5.78 Å². The molecule has 2 N–H and O–H groups in total. The van der Waals surface area contributed by atoms with Gasteiger partial charge in [0.05, 0.1) is 23.1 Å². The quantitative estimate of drug-likeness (QED) is 0.526. The van der Waals surface area contributed by atoms with E-state index in [0.717, 1.165) is 48.4 Å². The number of aryl methyl sites for hydroxylation is 1. The summed E-state index contributed by atoms with van der Waals surface area (Å²) in [5.74, 6) is 0.451. The number of nitriles is 1. The van der Waals surface area contributed by atoms with Crippen molar-refractivity contribution in [1.29, 1.82) is 5.26 Å². The second kappa shape index (κ2) is 7.73. The number of Topliss-reactive ketones (excluding diaryl/α,β-unsaturated/α-hetero) is 1. The number of nitrogens with two attached hydrogens (primary N) is 1. The number of carbonyl (C=O) groups is 1. The number of ketones is 1. The monoisotopic (exact) mass is 494 g/mol. The summed E-state index contributed by atoms with van der Waals surface area (Å²) in [5.41, 5.74) is 11.5. The first-order valence-electron chi connectivity index (χ1n) is 11.1. The molecule has 1 aromatic carbocycles. The highest BCUT2D eigenvalue weighted by Crippen LogP contribution is 2.53. The van der Waals surface area contributed by atoms with Gasteiger partial charge < -0.3 is 5.73 Å². The van der Waals surface area contributed by atoms with Crippen LogP contribution in [0.3, 0.4) is 0 Å². The molecule has 166 valence electrons. The largest absolute Gasteiger partial charge is 0.383 e. The molecule has 0 amide bonds. The number of anilines is 1. The van der Waals surface area contributed by atoms with E-state index in [1.165, 1.54) is 16.9 Å². The first-order valence-corrected chi connectivity index (χ1v) is 12.7. The minimum Gasteiger partial charge on any atom is -0.383 e. The van der Waals surface area contributed by atoms with Gasteiger partial charge in [-0.05, 0) is 61.8 Å². The molecule has 5 nitrogen and oxygen atoms in total. The zero-order valence-corrected chi connectivity index (χ0v) is 20.1. The van der Waals surface area contributed by atoms with Crippen LogP contribution in [-0.4, -0.2) is 11.6 Å². The molecule has 33 heavy (non-hydrogen) atoms.